The van der Waals surface area contributed by atoms with Crippen LogP contribution in [0.25, 0.3) is 0 Å². The Balaban J connectivity index is 1.89. The summed E-state index contributed by atoms with van der Waals surface area (Å²) in [6, 6.07) is 15.0. The molecule has 2 rings (SSSR count). The van der Waals surface area contributed by atoms with Gasteiger partial charge in [0.2, 0.25) is 0 Å². The third kappa shape index (κ3) is 5.16. The smallest absolute Gasteiger partial charge is 0.253 e. The van der Waals surface area contributed by atoms with E-state index in [1.54, 1.807) is 18.3 Å². The van der Waals surface area contributed by atoms with Gasteiger partial charge >= 0.3 is 0 Å². The van der Waals surface area contributed by atoms with Gasteiger partial charge in [-0.1, -0.05) is 45.7 Å². The van der Waals surface area contributed by atoms with Crippen molar-refractivity contribution in [3.05, 3.63) is 63.6 Å². The van der Waals surface area contributed by atoms with Crippen molar-refractivity contribution in [1.29, 1.82) is 0 Å². The Labute approximate surface area is 147 Å². The molecular formula is C16H14BrClN2OS. The summed E-state index contributed by atoms with van der Waals surface area (Å²) in [5.74, 6) is -0.150. The average molecular weight is 398 g/mol. The summed E-state index contributed by atoms with van der Waals surface area (Å²) in [5.41, 5.74) is 3.46. The number of halogens is 2. The molecule has 0 saturated heterocycles. The van der Waals surface area contributed by atoms with Crippen molar-refractivity contribution in [3.8, 4) is 0 Å². The van der Waals surface area contributed by atoms with E-state index in [2.05, 4.69) is 26.5 Å². The van der Waals surface area contributed by atoms with Gasteiger partial charge < -0.3 is 0 Å². The molecule has 1 amide bonds. The fourth-order valence-corrected chi connectivity index (χ4v) is 2.98. The van der Waals surface area contributed by atoms with Gasteiger partial charge in [-0.15, -0.1) is 11.8 Å². The Morgan fingerprint density at radius 2 is 1.95 bits per heavy atom. The molecule has 1 N–H and O–H groups in total. The Morgan fingerprint density at radius 1 is 1.27 bits per heavy atom. The van der Waals surface area contributed by atoms with Gasteiger partial charge in [-0.3, -0.25) is 4.79 Å². The molecule has 0 radical (unpaired) electrons. The lowest BCUT2D eigenvalue weighted by atomic mass is 10.2. The van der Waals surface area contributed by atoms with Crippen LogP contribution in [0.1, 0.15) is 12.5 Å². The van der Waals surface area contributed by atoms with Gasteiger partial charge in [0, 0.05) is 20.0 Å². The summed E-state index contributed by atoms with van der Waals surface area (Å²) < 4.78 is 0.927. The van der Waals surface area contributed by atoms with Crippen molar-refractivity contribution in [2.24, 2.45) is 5.10 Å². The van der Waals surface area contributed by atoms with E-state index >= 15 is 0 Å². The summed E-state index contributed by atoms with van der Waals surface area (Å²) >= 11 is 10.7. The molecule has 0 unspecified atom stereocenters. The van der Waals surface area contributed by atoms with Crippen LogP contribution in [0.15, 0.2) is 63.0 Å². The third-order valence-corrected chi connectivity index (χ3v) is 4.87. The molecule has 2 aromatic rings. The minimum Gasteiger partial charge on any atom is -0.272 e. The second-order valence-electron chi connectivity index (χ2n) is 4.47. The fourth-order valence-electron chi connectivity index (χ4n) is 1.61. The van der Waals surface area contributed by atoms with Crippen LogP contribution < -0.4 is 5.43 Å². The Kier molecular flexibility index (Phi) is 6.49. The summed E-state index contributed by atoms with van der Waals surface area (Å²) in [7, 11) is 0. The topological polar surface area (TPSA) is 41.5 Å². The van der Waals surface area contributed by atoms with E-state index in [0.717, 1.165) is 14.9 Å². The minimum absolute atomic E-state index is 0.150. The van der Waals surface area contributed by atoms with E-state index in [-0.39, 0.29) is 11.2 Å². The zero-order chi connectivity index (χ0) is 15.9. The Bertz CT molecular complexity index is 676. The summed E-state index contributed by atoms with van der Waals surface area (Å²) in [6.45, 7) is 1.84. The second-order valence-corrected chi connectivity index (χ2v) is 7.17. The van der Waals surface area contributed by atoms with E-state index in [1.807, 2.05) is 43.3 Å². The molecule has 0 saturated carbocycles. The second kappa shape index (κ2) is 8.36. The minimum atomic E-state index is -0.252. The standard InChI is InChI=1S/C16H14BrClN2OS/c1-11(22-14-8-6-13(18)7-9-14)16(21)20-19-10-12-4-2-3-5-15(12)17/h2-11H,1H3,(H,20,21)/b19-10-/t11-/m0/s1. The van der Waals surface area contributed by atoms with Crippen LogP contribution in [0.4, 0.5) is 0 Å². The predicted octanol–water partition coefficient (Wildman–Crippen LogP) is 4.73. The first-order valence-electron chi connectivity index (χ1n) is 6.56. The number of carbonyl (C=O) groups excluding carboxylic acids is 1. The normalized spacial score (nSPS) is 12.3. The molecule has 0 aliphatic rings. The first kappa shape index (κ1) is 17.1. The summed E-state index contributed by atoms with van der Waals surface area (Å²) in [4.78, 5) is 13.0. The average Bonchev–Trinajstić information content (AvgIpc) is 2.51. The van der Waals surface area contributed by atoms with Crippen LogP contribution >= 0.6 is 39.3 Å². The Morgan fingerprint density at radius 3 is 2.64 bits per heavy atom. The summed E-state index contributed by atoms with van der Waals surface area (Å²) in [5, 5.41) is 4.42. The number of nitrogens with zero attached hydrogens (tertiary/aromatic N) is 1. The molecule has 2 aromatic carbocycles. The molecule has 114 valence electrons. The quantitative estimate of drug-likeness (QED) is 0.450. The van der Waals surface area contributed by atoms with Crippen molar-refractivity contribution in [1.82, 2.24) is 5.43 Å². The zero-order valence-electron chi connectivity index (χ0n) is 11.8. The van der Waals surface area contributed by atoms with Gasteiger partial charge in [0.25, 0.3) is 5.91 Å². The van der Waals surface area contributed by atoms with Crippen LogP contribution in [-0.4, -0.2) is 17.4 Å². The highest BCUT2D eigenvalue weighted by Gasteiger charge is 2.13. The lowest BCUT2D eigenvalue weighted by Crippen LogP contribution is -2.26. The molecule has 6 heteroatoms. The molecule has 0 bridgehead atoms. The number of rotatable bonds is 5. The molecule has 0 fully saturated rings. The van der Waals surface area contributed by atoms with Crippen molar-refractivity contribution in [2.45, 2.75) is 17.1 Å². The van der Waals surface area contributed by atoms with Crippen molar-refractivity contribution in [2.75, 3.05) is 0 Å². The highest BCUT2D eigenvalue weighted by molar-refractivity contribution is 9.10. The molecule has 3 nitrogen and oxygen atoms in total. The van der Waals surface area contributed by atoms with Crippen LogP contribution in [0.3, 0.4) is 0 Å². The van der Waals surface area contributed by atoms with Gasteiger partial charge in [-0.05, 0) is 37.3 Å². The molecule has 1 atom stereocenters. The van der Waals surface area contributed by atoms with Crippen molar-refractivity contribution >= 4 is 51.4 Å². The number of carbonyl (C=O) groups is 1. The van der Waals surface area contributed by atoms with Crippen LogP contribution in [-0.2, 0) is 4.79 Å². The van der Waals surface area contributed by atoms with Gasteiger partial charge in [0.05, 0.1) is 11.5 Å². The van der Waals surface area contributed by atoms with Gasteiger partial charge in [0.1, 0.15) is 0 Å². The molecule has 0 aromatic heterocycles. The molecule has 0 heterocycles. The van der Waals surface area contributed by atoms with Gasteiger partial charge in [-0.25, -0.2) is 5.43 Å². The predicted molar refractivity (Wildman–Crippen MR) is 96.6 cm³/mol. The number of thioether (sulfide) groups is 1. The van der Waals surface area contributed by atoms with E-state index < -0.39 is 0 Å². The van der Waals surface area contributed by atoms with Crippen molar-refractivity contribution < 1.29 is 4.79 Å². The molecule has 22 heavy (non-hydrogen) atoms. The van der Waals surface area contributed by atoms with Crippen molar-refractivity contribution in [3.63, 3.8) is 0 Å². The van der Waals surface area contributed by atoms with Gasteiger partial charge in [-0.2, -0.15) is 5.10 Å². The number of hydrogen-bond acceptors (Lipinski definition) is 3. The summed E-state index contributed by atoms with van der Waals surface area (Å²) in [6.07, 6.45) is 1.61. The number of hydrogen-bond donors (Lipinski definition) is 1. The maximum Gasteiger partial charge on any atom is 0.253 e. The maximum absolute atomic E-state index is 12.0. The lowest BCUT2D eigenvalue weighted by molar-refractivity contribution is -0.120. The first-order chi connectivity index (χ1) is 10.6. The first-order valence-corrected chi connectivity index (χ1v) is 8.61. The zero-order valence-corrected chi connectivity index (χ0v) is 15.0. The van der Waals surface area contributed by atoms with E-state index in [0.29, 0.717) is 5.02 Å². The lowest BCUT2D eigenvalue weighted by Gasteiger charge is -2.09. The van der Waals surface area contributed by atoms with E-state index in [4.69, 9.17) is 11.6 Å². The SMILES string of the molecule is C[C@H](Sc1ccc(Cl)cc1)C(=O)N/N=C\c1ccccc1Br. The molecule has 0 aliphatic carbocycles. The number of nitrogens with one attached hydrogen (secondary N) is 1. The Hall–Kier alpha value is -1.30. The van der Waals surface area contributed by atoms with Crippen LogP contribution in [0, 0.1) is 0 Å². The number of hydrazone groups is 1. The third-order valence-electron chi connectivity index (χ3n) is 2.78. The molecule has 0 aliphatic heterocycles. The highest BCUT2D eigenvalue weighted by Crippen LogP contribution is 2.24. The van der Waals surface area contributed by atoms with E-state index in [9.17, 15) is 4.79 Å². The largest absolute Gasteiger partial charge is 0.272 e. The number of amides is 1. The monoisotopic (exact) mass is 396 g/mol. The van der Waals surface area contributed by atoms with Crippen LogP contribution in [0.5, 0.6) is 0 Å². The number of benzene rings is 2. The maximum atomic E-state index is 12.0. The van der Waals surface area contributed by atoms with Gasteiger partial charge in [0.15, 0.2) is 0 Å². The molecular weight excluding hydrogens is 384 g/mol. The highest BCUT2D eigenvalue weighted by atomic mass is 79.9. The van der Waals surface area contributed by atoms with Crippen LogP contribution in [0.2, 0.25) is 5.02 Å². The van der Waals surface area contributed by atoms with E-state index in [1.165, 1.54) is 11.8 Å². The fraction of sp³-hybridized carbons (Fsp3) is 0.125. The molecule has 0 spiro atoms.